The van der Waals surface area contributed by atoms with Gasteiger partial charge in [-0.05, 0) is 6.07 Å². The number of aromatic amines is 1. The van der Waals surface area contributed by atoms with E-state index in [0.717, 1.165) is 27.5 Å². The molecule has 2 heterocycles. The number of rotatable bonds is 0. The van der Waals surface area contributed by atoms with Crippen LogP contribution >= 0.6 is 0 Å². The second-order valence-electron chi connectivity index (χ2n) is 3.73. The molecular formula is C13H13IN2. The Labute approximate surface area is 116 Å². The summed E-state index contributed by atoms with van der Waals surface area (Å²) in [4.78, 5) is 3.29. The van der Waals surface area contributed by atoms with E-state index in [0.29, 0.717) is 0 Å². The molecule has 0 aliphatic rings. The molecule has 0 saturated heterocycles. The highest BCUT2D eigenvalue weighted by atomic mass is 127. The predicted molar refractivity (Wildman–Crippen MR) is 61.7 cm³/mol. The topological polar surface area (TPSA) is 19.7 Å². The van der Waals surface area contributed by atoms with E-state index in [9.17, 15) is 0 Å². The average molecular weight is 327 g/mol. The summed E-state index contributed by atoms with van der Waals surface area (Å²) in [5.74, 6) is 0. The fourth-order valence-corrected chi connectivity index (χ4v) is 2.00. The lowest BCUT2D eigenvalue weighted by Gasteiger charge is -1.94. The van der Waals surface area contributed by atoms with Crippen molar-refractivity contribution in [3.05, 3.63) is 42.2 Å². The molecule has 0 radical (unpaired) electrons. The molecule has 0 spiro atoms. The minimum Gasteiger partial charge on any atom is -1.00 e. The Bertz CT molecular complexity index is 747. The maximum atomic E-state index is 7.51. The standard InChI is InChI=1S/C13H12N2.HI/c1-9-13-11(7-8-15(9)2)10-5-3-4-6-12(10)14-13;/h3-8H,1-2H3;1H/i2D3;. The van der Waals surface area contributed by atoms with Crippen LogP contribution < -0.4 is 28.5 Å². The smallest absolute Gasteiger partial charge is 0.202 e. The number of aromatic nitrogens is 2. The summed E-state index contributed by atoms with van der Waals surface area (Å²) in [6, 6.07) is 9.83. The number of aryl methyl sites for hydroxylation is 2. The Balaban J connectivity index is 0.00000133. The molecule has 0 aliphatic heterocycles. The number of nitrogens with zero attached hydrogens (tertiary/aromatic N) is 1. The second-order valence-corrected chi connectivity index (χ2v) is 3.73. The molecule has 3 aromatic rings. The van der Waals surface area contributed by atoms with Crippen LogP contribution in [-0.2, 0) is 6.98 Å². The first-order valence-electron chi connectivity index (χ1n) is 6.40. The number of pyridine rings is 1. The molecule has 16 heavy (non-hydrogen) atoms. The van der Waals surface area contributed by atoms with E-state index in [1.165, 1.54) is 4.57 Å². The van der Waals surface area contributed by atoms with Crippen LogP contribution in [0.2, 0.25) is 0 Å². The van der Waals surface area contributed by atoms with Gasteiger partial charge < -0.3 is 29.0 Å². The van der Waals surface area contributed by atoms with E-state index in [4.69, 9.17) is 4.11 Å². The highest BCUT2D eigenvalue weighted by Crippen LogP contribution is 2.25. The van der Waals surface area contributed by atoms with Gasteiger partial charge in [-0.2, -0.15) is 0 Å². The number of halogens is 1. The molecule has 3 heteroatoms. The van der Waals surface area contributed by atoms with E-state index >= 15 is 0 Å². The molecule has 0 atom stereocenters. The maximum Gasteiger partial charge on any atom is 0.202 e. The summed E-state index contributed by atoms with van der Waals surface area (Å²) < 4.78 is 23.8. The number of hydrogen-bond acceptors (Lipinski definition) is 0. The van der Waals surface area contributed by atoms with E-state index in [1.54, 1.807) is 6.20 Å². The van der Waals surface area contributed by atoms with Gasteiger partial charge in [0.05, 0.1) is 0 Å². The average Bonchev–Trinajstić information content (AvgIpc) is 2.68. The molecule has 1 N–H and O–H groups in total. The molecule has 0 unspecified atom stereocenters. The Morgan fingerprint density at radius 1 is 1.19 bits per heavy atom. The zero-order valence-electron chi connectivity index (χ0n) is 11.8. The van der Waals surface area contributed by atoms with E-state index in [-0.39, 0.29) is 24.0 Å². The number of benzene rings is 1. The van der Waals surface area contributed by atoms with Gasteiger partial charge in [0.1, 0.15) is 16.6 Å². The van der Waals surface area contributed by atoms with Gasteiger partial charge in [-0.15, -0.1) is 0 Å². The number of nitrogens with one attached hydrogen (secondary N) is 1. The molecule has 1 aromatic carbocycles. The van der Waals surface area contributed by atoms with Crippen LogP contribution in [0.3, 0.4) is 0 Å². The van der Waals surface area contributed by atoms with Crippen molar-refractivity contribution in [3.63, 3.8) is 0 Å². The van der Waals surface area contributed by atoms with Crippen LogP contribution in [0.25, 0.3) is 21.8 Å². The highest BCUT2D eigenvalue weighted by molar-refractivity contribution is 6.07. The van der Waals surface area contributed by atoms with E-state index in [2.05, 4.69) is 4.98 Å². The predicted octanol–water partition coefficient (Wildman–Crippen LogP) is -0.542. The highest BCUT2D eigenvalue weighted by Gasteiger charge is 2.11. The first-order valence-corrected chi connectivity index (χ1v) is 4.90. The molecule has 0 amide bonds. The number of H-pyrrole nitrogens is 1. The fraction of sp³-hybridized carbons (Fsp3) is 0.154. The maximum absolute atomic E-state index is 7.51. The Morgan fingerprint density at radius 2 is 2.00 bits per heavy atom. The molecule has 0 saturated carbocycles. The Hall–Kier alpha value is -1.10. The first-order chi connectivity index (χ1) is 8.48. The van der Waals surface area contributed by atoms with Crippen LogP contribution in [0, 0.1) is 6.92 Å². The van der Waals surface area contributed by atoms with Crippen molar-refractivity contribution in [2.45, 2.75) is 6.92 Å². The fourth-order valence-electron chi connectivity index (χ4n) is 2.00. The van der Waals surface area contributed by atoms with Gasteiger partial charge in [-0.3, -0.25) is 0 Å². The minimum atomic E-state index is -2.14. The molecule has 0 bridgehead atoms. The van der Waals surface area contributed by atoms with Crippen molar-refractivity contribution >= 4 is 21.8 Å². The van der Waals surface area contributed by atoms with Crippen LogP contribution in [0.1, 0.15) is 9.81 Å². The lowest BCUT2D eigenvalue weighted by Crippen LogP contribution is -3.00. The summed E-state index contributed by atoms with van der Waals surface area (Å²) >= 11 is 0. The van der Waals surface area contributed by atoms with Crippen LogP contribution in [0.5, 0.6) is 0 Å². The normalized spacial score (nSPS) is 14.2. The van der Waals surface area contributed by atoms with Crippen molar-refractivity contribution in [2.75, 3.05) is 0 Å². The van der Waals surface area contributed by atoms with Gasteiger partial charge in [0.2, 0.25) is 5.69 Å². The summed E-state index contributed by atoms with van der Waals surface area (Å²) in [5, 5.41) is 2.18. The number of para-hydroxylation sites is 1. The monoisotopic (exact) mass is 327 g/mol. The van der Waals surface area contributed by atoms with Crippen LogP contribution in [0.15, 0.2) is 36.5 Å². The molecule has 0 fully saturated rings. The van der Waals surface area contributed by atoms with Crippen molar-refractivity contribution in [1.29, 1.82) is 0 Å². The largest absolute Gasteiger partial charge is 1.00 e. The van der Waals surface area contributed by atoms with Crippen LogP contribution in [0.4, 0.5) is 0 Å². The number of fused-ring (bicyclic) bond motifs is 3. The molecule has 2 aromatic heterocycles. The van der Waals surface area contributed by atoms with Crippen molar-refractivity contribution < 1.29 is 32.7 Å². The Kier molecular flexibility index (Phi) is 2.04. The van der Waals surface area contributed by atoms with E-state index < -0.39 is 6.98 Å². The summed E-state index contributed by atoms with van der Waals surface area (Å²) in [5.41, 5.74) is 2.64. The summed E-state index contributed by atoms with van der Waals surface area (Å²) in [6.07, 6.45) is 1.63. The minimum absolute atomic E-state index is 0. The molecular weight excluding hydrogens is 311 g/mol. The zero-order chi connectivity index (χ0) is 12.9. The number of hydrogen-bond donors (Lipinski definition) is 1. The zero-order valence-corrected chi connectivity index (χ0v) is 10.9. The molecule has 0 aliphatic carbocycles. The third-order valence-electron chi connectivity index (χ3n) is 2.86. The Morgan fingerprint density at radius 3 is 2.81 bits per heavy atom. The van der Waals surface area contributed by atoms with Crippen molar-refractivity contribution in [2.24, 2.45) is 6.98 Å². The third kappa shape index (κ3) is 1.50. The quantitative estimate of drug-likeness (QED) is 0.423. The first kappa shape index (κ1) is 8.06. The van der Waals surface area contributed by atoms with Crippen LogP contribution in [-0.4, -0.2) is 4.98 Å². The van der Waals surface area contributed by atoms with Gasteiger partial charge >= 0.3 is 0 Å². The van der Waals surface area contributed by atoms with Gasteiger partial charge in [0, 0.05) is 29.3 Å². The molecule has 82 valence electrons. The van der Waals surface area contributed by atoms with Gasteiger partial charge in [-0.1, -0.05) is 18.2 Å². The van der Waals surface area contributed by atoms with Gasteiger partial charge in [-0.25, -0.2) is 4.57 Å². The molecule has 3 rings (SSSR count). The summed E-state index contributed by atoms with van der Waals surface area (Å²) in [7, 11) is 0. The van der Waals surface area contributed by atoms with E-state index in [1.807, 2.05) is 37.3 Å². The van der Waals surface area contributed by atoms with Gasteiger partial charge in [0.15, 0.2) is 6.20 Å². The lowest BCUT2D eigenvalue weighted by molar-refractivity contribution is -0.676. The van der Waals surface area contributed by atoms with Gasteiger partial charge in [0.25, 0.3) is 0 Å². The van der Waals surface area contributed by atoms with Crippen molar-refractivity contribution in [3.8, 4) is 0 Å². The third-order valence-corrected chi connectivity index (χ3v) is 2.86. The molecule has 2 nitrogen and oxygen atoms in total. The summed E-state index contributed by atoms with van der Waals surface area (Å²) in [6.45, 7) is -0.320. The second kappa shape index (κ2) is 4.05. The van der Waals surface area contributed by atoms with Crippen molar-refractivity contribution in [1.82, 2.24) is 4.98 Å². The SMILES string of the molecule is [2H]C([2H])([2H])[n+]1ccc2c([nH]c3ccccc32)c1C.[I-]. The lowest BCUT2D eigenvalue weighted by atomic mass is 10.2.